The monoisotopic (exact) mass is 323 g/mol. The van der Waals surface area contributed by atoms with Gasteiger partial charge in [0, 0.05) is 18.7 Å². The largest absolute Gasteiger partial charge is 0.412 e. The molecule has 1 aromatic rings. The first-order chi connectivity index (χ1) is 11.0. The molecule has 1 aliphatic heterocycles. The van der Waals surface area contributed by atoms with Gasteiger partial charge in [0.2, 0.25) is 0 Å². The van der Waals surface area contributed by atoms with Crippen LogP contribution in [0.25, 0.3) is 0 Å². The normalized spacial score (nSPS) is 18.8. The first-order valence-electron chi connectivity index (χ1n) is 8.61. The summed E-state index contributed by atoms with van der Waals surface area (Å²) in [6, 6.07) is 6.86. The number of alkyl halides is 3. The molecule has 23 heavy (non-hydrogen) atoms. The molecule has 0 saturated carbocycles. The molecule has 0 aromatic heterocycles. The highest BCUT2D eigenvalue weighted by Gasteiger charge is 2.34. The molecule has 1 nitrogen and oxygen atoms in total. The standard InChI is InChI=1S/C19H24F3N/c20-19(21,22)18-9-12-23(13-10-18)11-2-1-4-15-7-8-16-5-3-6-17(16)14-15/h7-9,14H,1-6,10-13H2. The maximum absolute atomic E-state index is 12.6. The second kappa shape index (κ2) is 7.08. The van der Waals surface area contributed by atoms with Crippen molar-refractivity contribution in [1.82, 2.24) is 4.90 Å². The van der Waals surface area contributed by atoms with Gasteiger partial charge >= 0.3 is 6.18 Å². The van der Waals surface area contributed by atoms with Gasteiger partial charge in [-0.15, -0.1) is 0 Å². The third kappa shape index (κ3) is 4.37. The zero-order valence-electron chi connectivity index (χ0n) is 13.5. The van der Waals surface area contributed by atoms with Crippen molar-refractivity contribution in [2.45, 2.75) is 51.1 Å². The first kappa shape index (κ1) is 16.6. The quantitative estimate of drug-likeness (QED) is 0.561. The smallest absolute Gasteiger partial charge is 0.299 e. The first-order valence-corrected chi connectivity index (χ1v) is 8.61. The predicted molar refractivity (Wildman–Crippen MR) is 86.6 cm³/mol. The van der Waals surface area contributed by atoms with Crippen LogP contribution in [-0.4, -0.2) is 30.7 Å². The second-order valence-corrected chi connectivity index (χ2v) is 6.69. The maximum Gasteiger partial charge on any atom is 0.412 e. The number of benzene rings is 1. The zero-order chi connectivity index (χ0) is 16.3. The molecule has 1 aromatic carbocycles. The van der Waals surface area contributed by atoms with E-state index in [9.17, 15) is 13.2 Å². The average Bonchev–Trinajstić information content (AvgIpc) is 2.99. The van der Waals surface area contributed by atoms with Crippen LogP contribution in [0.5, 0.6) is 0 Å². The minimum Gasteiger partial charge on any atom is -0.299 e. The van der Waals surface area contributed by atoms with Gasteiger partial charge in [-0.2, -0.15) is 13.2 Å². The Morgan fingerprint density at radius 2 is 1.83 bits per heavy atom. The summed E-state index contributed by atoms with van der Waals surface area (Å²) in [5.74, 6) is 0. The Bertz CT molecular complexity index is 574. The number of hydrogen-bond donors (Lipinski definition) is 0. The summed E-state index contributed by atoms with van der Waals surface area (Å²) in [5.41, 5.74) is 4.08. The van der Waals surface area contributed by atoms with Crippen molar-refractivity contribution in [3.05, 3.63) is 46.5 Å². The fourth-order valence-corrected chi connectivity index (χ4v) is 3.62. The highest BCUT2D eigenvalue weighted by atomic mass is 19.4. The summed E-state index contributed by atoms with van der Waals surface area (Å²) >= 11 is 0. The summed E-state index contributed by atoms with van der Waals surface area (Å²) in [7, 11) is 0. The van der Waals surface area contributed by atoms with E-state index in [1.54, 1.807) is 0 Å². The van der Waals surface area contributed by atoms with Crippen molar-refractivity contribution >= 4 is 0 Å². The van der Waals surface area contributed by atoms with Crippen LogP contribution in [0.15, 0.2) is 29.8 Å². The van der Waals surface area contributed by atoms with Crippen molar-refractivity contribution in [2.75, 3.05) is 19.6 Å². The number of unbranched alkanes of at least 4 members (excludes halogenated alkanes) is 1. The number of nitrogens with zero attached hydrogens (tertiary/aromatic N) is 1. The molecular formula is C19H24F3N. The molecule has 3 rings (SSSR count). The van der Waals surface area contributed by atoms with Crippen LogP contribution in [0.2, 0.25) is 0 Å². The van der Waals surface area contributed by atoms with E-state index >= 15 is 0 Å². The van der Waals surface area contributed by atoms with Crippen LogP contribution < -0.4 is 0 Å². The minimum absolute atomic E-state index is 0.133. The molecule has 1 aliphatic carbocycles. The third-order valence-electron chi connectivity index (χ3n) is 5.01. The van der Waals surface area contributed by atoms with E-state index in [2.05, 4.69) is 23.1 Å². The lowest BCUT2D eigenvalue weighted by atomic mass is 10.0. The number of aryl methyl sites for hydroxylation is 3. The van der Waals surface area contributed by atoms with Gasteiger partial charge in [-0.3, -0.25) is 4.90 Å². The van der Waals surface area contributed by atoms with E-state index in [-0.39, 0.29) is 12.0 Å². The lowest BCUT2D eigenvalue weighted by molar-refractivity contribution is -0.0960. The Morgan fingerprint density at radius 1 is 1.00 bits per heavy atom. The van der Waals surface area contributed by atoms with Gasteiger partial charge in [0.25, 0.3) is 0 Å². The number of hydrogen-bond acceptors (Lipinski definition) is 1. The van der Waals surface area contributed by atoms with Crippen molar-refractivity contribution in [3.8, 4) is 0 Å². The van der Waals surface area contributed by atoms with Gasteiger partial charge in [-0.1, -0.05) is 24.3 Å². The van der Waals surface area contributed by atoms with Gasteiger partial charge in [0.05, 0.1) is 0 Å². The van der Waals surface area contributed by atoms with Crippen LogP contribution in [0.3, 0.4) is 0 Å². The Balaban J connectivity index is 1.39. The zero-order valence-corrected chi connectivity index (χ0v) is 13.5. The summed E-state index contributed by atoms with van der Waals surface area (Å²) in [5, 5.41) is 0. The van der Waals surface area contributed by atoms with Crippen LogP contribution in [0.4, 0.5) is 13.2 Å². The molecule has 0 bridgehead atoms. The van der Waals surface area contributed by atoms with E-state index in [1.165, 1.54) is 42.0 Å². The van der Waals surface area contributed by atoms with E-state index in [4.69, 9.17) is 0 Å². The van der Waals surface area contributed by atoms with E-state index in [0.29, 0.717) is 13.1 Å². The molecule has 0 N–H and O–H groups in total. The van der Waals surface area contributed by atoms with Crippen LogP contribution in [0, 0.1) is 0 Å². The van der Waals surface area contributed by atoms with E-state index in [1.807, 2.05) is 0 Å². The van der Waals surface area contributed by atoms with E-state index < -0.39 is 6.18 Å². The van der Waals surface area contributed by atoms with Gasteiger partial charge in [-0.05, 0) is 68.2 Å². The van der Waals surface area contributed by atoms with Crippen molar-refractivity contribution in [2.24, 2.45) is 0 Å². The molecule has 0 radical (unpaired) electrons. The molecule has 0 atom stereocenters. The summed E-state index contributed by atoms with van der Waals surface area (Å²) < 4.78 is 37.7. The number of rotatable bonds is 5. The second-order valence-electron chi connectivity index (χ2n) is 6.69. The number of halogens is 3. The molecule has 1 heterocycles. The average molecular weight is 323 g/mol. The Hall–Kier alpha value is -1.29. The van der Waals surface area contributed by atoms with Crippen LogP contribution >= 0.6 is 0 Å². The molecule has 4 heteroatoms. The molecule has 0 fully saturated rings. The highest BCUT2D eigenvalue weighted by Crippen LogP contribution is 2.30. The van der Waals surface area contributed by atoms with E-state index in [0.717, 1.165) is 25.8 Å². The van der Waals surface area contributed by atoms with Gasteiger partial charge in [0.15, 0.2) is 0 Å². The van der Waals surface area contributed by atoms with Gasteiger partial charge in [-0.25, -0.2) is 0 Å². The van der Waals surface area contributed by atoms with Gasteiger partial charge in [0.1, 0.15) is 0 Å². The summed E-state index contributed by atoms with van der Waals surface area (Å²) in [6.45, 7) is 1.87. The fraction of sp³-hybridized carbons (Fsp3) is 0.579. The van der Waals surface area contributed by atoms with Crippen molar-refractivity contribution in [3.63, 3.8) is 0 Å². The Kier molecular flexibility index (Phi) is 5.10. The van der Waals surface area contributed by atoms with Crippen molar-refractivity contribution < 1.29 is 13.2 Å². The summed E-state index contributed by atoms with van der Waals surface area (Å²) in [6.07, 6.45) is 4.28. The fourth-order valence-electron chi connectivity index (χ4n) is 3.62. The SMILES string of the molecule is FC(F)(F)C1=CCN(CCCCc2ccc3c(c2)CCC3)CC1. The number of fused-ring (bicyclic) bond motifs is 1. The van der Waals surface area contributed by atoms with Crippen LogP contribution in [-0.2, 0) is 19.3 Å². The van der Waals surface area contributed by atoms with Crippen LogP contribution in [0.1, 0.15) is 42.4 Å². The predicted octanol–water partition coefficient (Wildman–Crippen LogP) is 4.69. The van der Waals surface area contributed by atoms with Gasteiger partial charge < -0.3 is 0 Å². The topological polar surface area (TPSA) is 3.24 Å². The molecular weight excluding hydrogens is 299 g/mol. The molecule has 2 aliphatic rings. The minimum atomic E-state index is -4.14. The Labute approximate surface area is 136 Å². The third-order valence-corrected chi connectivity index (χ3v) is 5.01. The molecule has 0 unspecified atom stereocenters. The van der Waals surface area contributed by atoms with Crippen molar-refractivity contribution in [1.29, 1.82) is 0 Å². The maximum atomic E-state index is 12.6. The Morgan fingerprint density at radius 3 is 2.57 bits per heavy atom. The lowest BCUT2D eigenvalue weighted by Gasteiger charge is -2.27. The molecule has 126 valence electrons. The molecule has 0 amide bonds. The molecule has 0 saturated heterocycles. The summed E-state index contributed by atoms with van der Waals surface area (Å²) in [4.78, 5) is 2.12. The lowest BCUT2D eigenvalue weighted by Crippen LogP contribution is -2.32. The highest BCUT2D eigenvalue weighted by molar-refractivity contribution is 5.35. The molecule has 0 spiro atoms.